The fourth-order valence-electron chi connectivity index (χ4n) is 4.78. The molecule has 1 fully saturated rings. The van der Waals surface area contributed by atoms with Crippen molar-refractivity contribution in [2.75, 3.05) is 26.7 Å². The van der Waals surface area contributed by atoms with Crippen LogP contribution in [0, 0.1) is 0 Å². The highest BCUT2D eigenvalue weighted by Crippen LogP contribution is 2.57. The van der Waals surface area contributed by atoms with Crippen molar-refractivity contribution in [1.82, 2.24) is 0 Å². The highest BCUT2D eigenvalue weighted by molar-refractivity contribution is 6.16. The van der Waals surface area contributed by atoms with Gasteiger partial charge in [0.15, 0.2) is 17.5 Å². The van der Waals surface area contributed by atoms with E-state index in [2.05, 4.69) is 13.1 Å². The van der Waals surface area contributed by atoms with Gasteiger partial charge < -0.3 is 19.1 Å². The first-order valence-electron chi connectivity index (χ1n) is 8.44. The van der Waals surface area contributed by atoms with Gasteiger partial charge in [0.2, 0.25) is 0 Å². The van der Waals surface area contributed by atoms with Gasteiger partial charge in [-0.1, -0.05) is 18.0 Å². The maximum absolute atomic E-state index is 12.1. The van der Waals surface area contributed by atoms with Gasteiger partial charge in [0.05, 0.1) is 20.7 Å². The number of hydrogen-bond donors (Lipinski definition) is 0. The lowest BCUT2D eigenvalue weighted by Crippen LogP contribution is -2.50. The van der Waals surface area contributed by atoms with Gasteiger partial charge in [0, 0.05) is 23.0 Å². The number of quaternary nitrogens is 1. The SMILES string of the molecule is COc1ccc2c3c1O[C@H]1CC([O-])CCC31CC[N+](C)(CCl)C2. The van der Waals surface area contributed by atoms with Crippen molar-refractivity contribution < 1.29 is 19.1 Å². The smallest absolute Gasteiger partial charge is 0.166 e. The molecule has 4 nitrogen and oxygen atoms in total. The van der Waals surface area contributed by atoms with Crippen LogP contribution in [0.15, 0.2) is 12.1 Å². The van der Waals surface area contributed by atoms with Gasteiger partial charge in [-0.2, -0.15) is 0 Å². The van der Waals surface area contributed by atoms with Crippen LogP contribution in [0.3, 0.4) is 0 Å². The van der Waals surface area contributed by atoms with E-state index in [4.69, 9.17) is 21.1 Å². The summed E-state index contributed by atoms with van der Waals surface area (Å²) in [5.41, 5.74) is 2.59. The maximum atomic E-state index is 12.1. The summed E-state index contributed by atoms with van der Waals surface area (Å²) in [6.45, 7) is 1.93. The molecular weight excluding hydrogens is 314 g/mol. The maximum Gasteiger partial charge on any atom is 0.166 e. The Bertz CT molecular complexity index is 637. The summed E-state index contributed by atoms with van der Waals surface area (Å²) in [6.07, 6.45) is 2.77. The van der Waals surface area contributed by atoms with Crippen LogP contribution >= 0.6 is 11.6 Å². The molecule has 1 aromatic carbocycles. The molecule has 1 saturated carbocycles. The minimum absolute atomic E-state index is 0.00863. The second kappa shape index (κ2) is 5.27. The Morgan fingerprint density at radius 3 is 3.00 bits per heavy atom. The lowest BCUT2D eigenvalue weighted by atomic mass is 9.65. The number of halogens is 1. The lowest BCUT2D eigenvalue weighted by molar-refractivity contribution is -0.912. The van der Waals surface area contributed by atoms with Gasteiger partial charge in [-0.3, -0.25) is 0 Å². The monoisotopic (exact) mass is 337 g/mol. The fraction of sp³-hybridized carbons (Fsp3) is 0.667. The van der Waals surface area contributed by atoms with Crippen LogP contribution < -0.4 is 14.6 Å². The first-order chi connectivity index (χ1) is 11.0. The van der Waals surface area contributed by atoms with Crippen LogP contribution in [0.5, 0.6) is 11.5 Å². The van der Waals surface area contributed by atoms with E-state index >= 15 is 0 Å². The Morgan fingerprint density at radius 2 is 2.26 bits per heavy atom. The summed E-state index contributed by atoms with van der Waals surface area (Å²) in [5.74, 6) is 1.68. The number of ether oxygens (including phenoxy) is 2. The van der Waals surface area contributed by atoms with E-state index in [9.17, 15) is 5.11 Å². The molecule has 4 rings (SSSR count). The molecule has 3 unspecified atom stereocenters. The van der Waals surface area contributed by atoms with Crippen LogP contribution in [0.2, 0.25) is 0 Å². The number of benzene rings is 1. The Morgan fingerprint density at radius 1 is 1.43 bits per heavy atom. The number of alkyl halides is 1. The van der Waals surface area contributed by atoms with E-state index in [0.717, 1.165) is 48.3 Å². The largest absolute Gasteiger partial charge is 0.852 e. The van der Waals surface area contributed by atoms with Crippen LogP contribution in [0.25, 0.3) is 0 Å². The summed E-state index contributed by atoms with van der Waals surface area (Å²) >= 11 is 6.29. The van der Waals surface area contributed by atoms with Crippen LogP contribution in [-0.2, 0) is 12.0 Å². The third-order valence-electron chi connectivity index (χ3n) is 6.13. The van der Waals surface area contributed by atoms with Crippen LogP contribution in [-0.4, -0.2) is 43.4 Å². The Hall–Kier alpha value is -0.970. The molecule has 4 atom stereocenters. The number of methoxy groups -OCH3 is 1. The zero-order valence-corrected chi connectivity index (χ0v) is 14.6. The van der Waals surface area contributed by atoms with Crippen molar-refractivity contribution >= 4 is 11.6 Å². The van der Waals surface area contributed by atoms with Crippen molar-refractivity contribution in [2.45, 2.75) is 49.9 Å². The van der Waals surface area contributed by atoms with E-state index in [0.29, 0.717) is 12.4 Å². The molecule has 1 spiro atoms. The summed E-state index contributed by atoms with van der Waals surface area (Å²) < 4.78 is 12.7. The molecule has 1 aliphatic carbocycles. The molecule has 0 radical (unpaired) electrons. The molecular formula is C18H24ClNO3. The average Bonchev–Trinajstić information content (AvgIpc) is 2.81. The van der Waals surface area contributed by atoms with Gasteiger partial charge in [-0.25, -0.2) is 0 Å². The fourth-order valence-corrected chi connectivity index (χ4v) is 4.99. The number of rotatable bonds is 2. The topological polar surface area (TPSA) is 41.5 Å². The van der Waals surface area contributed by atoms with Gasteiger partial charge in [0.25, 0.3) is 0 Å². The minimum Gasteiger partial charge on any atom is -0.852 e. The van der Waals surface area contributed by atoms with Gasteiger partial charge >= 0.3 is 0 Å². The van der Waals surface area contributed by atoms with Crippen molar-refractivity contribution in [2.24, 2.45) is 0 Å². The van der Waals surface area contributed by atoms with Gasteiger partial charge in [-0.05, 0) is 25.0 Å². The van der Waals surface area contributed by atoms with E-state index in [1.165, 1.54) is 11.1 Å². The van der Waals surface area contributed by atoms with Gasteiger partial charge in [-0.15, -0.1) is 6.10 Å². The predicted octanol–water partition coefficient (Wildman–Crippen LogP) is 2.15. The van der Waals surface area contributed by atoms with E-state index in [1.807, 2.05) is 6.07 Å². The molecule has 0 amide bonds. The van der Waals surface area contributed by atoms with Crippen molar-refractivity contribution in [3.05, 3.63) is 23.3 Å². The number of hydrogen-bond acceptors (Lipinski definition) is 3. The molecule has 0 aromatic heterocycles. The first-order valence-corrected chi connectivity index (χ1v) is 8.97. The second-order valence-electron chi connectivity index (χ2n) is 7.66. The predicted molar refractivity (Wildman–Crippen MR) is 86.8 cm³/mol. The standard InChI is InChI=1S/C18H24ClNO3/c1-20(11-19)8-7-18-6-5-13(21)9-15(18)23-17-14(22-2)4-3-12(10-20)16(17)18/h3-4,13,15H,5-11H2,1-2H3/t13?,15-,18?,20?/m0/s1. The van der Waals surface area contributed by atoms with Crippen molar-refractivity contribution in [3.63, 3.8) is 0 Å². The Balaban J connectivity index is 1.89. The minimum atomic E-state index is -0.508. The summed E-state index contributed by atoms with van der Waals surface area (Å²) in [6, 6.07) is 4.77. The van der Waals surface area contributed by atoms with E-state index < -0.39 is 6.10 Å². The molecule has 2 aliphatic heterocycles. The van der Waals surface area contributed by atoms with Crippen LogP contribution in [0.4, 0.5) is 0 Å². The second-order valence-corrected chi connectivity index (χ2v) is 7.90. The van der Waals surface area contributed by atoms with E-state index in [-0.39, 0.29) is 11.5 Å². The molecule has 126 valence electrons. The highest BCUT2D eigenvalue weighted by Gasteiger charge is 2.55. The molecule has 23 heavy (non-hydrogen) atoms. The summed E-state index contributed by atoms with van der Waals surface area (Å²) in [7, 11) is 3.90. The molecule has 2 heterocycles. The van der Waals surface area contributed by atoms with Crippen molar-refractivity contribution in [1.29, 1.82) is 0 Å². The van der Waals surface area contributed by atoms with Crippen molar-refractivity contribution in [3.8, 4) is 11.5 Å². The Labute approximate surface area is 142 Å². The third kappa shape index (κ3) is 2.19. The molecule has 0 N–H and O–H groups in total. The zero-order chi connectivity index (χ0) is 16.2. The quantitative estimate of drug-likeness (QED) is 0.472. The normalized spacial score (nSPS) is 38.3. The zero-order valence-electron chi connectivity index (χ0n) is 13.8. The van der Waals surface area contributed by atoms with Crippen LogP contribution in [0.1, 0.15) is 36.8 Å². The number of nitrogens with zero attached hydrogens (tertiary/aromatic N) is 1. The average molecular weight is 338 g/mol. The molecule has 1 aromatic rings. The molecule has 5 heteroatoms. The summed E-state index contributed by atoms with van der Waals surface area (Å²) in [5, 5.41) is 12.1. The molecule has 0 saturated heterocycles. The van der Waals surface area contributed by atoms with E-state index in [1.54, 1.807) is 7.11 Å². The van der Waals surface area contributed by atoms with Gasteiger partial charge in [0.1, 0.15) is 12.6 Å². The summed E-state index contributed by atoms with van der Waals surface area (Å²) in [4.78, 5) is 0. The lowest BCUT2D eigenvalue weighted by Gasteiger charge is -2.43. The Kier molecular flexibility index (Phi) is 3.56. The molecule has 0 bridgehead atoms. The third-order valence-corrected chi connectivity index (χ3v) is 6.71. The highest BCUT2D eigenvalue weighted by atomic mass is 35.5. The first kappa shape index (κ1) is 15.6. The molecule has 3 aliphatic rings.